The van der Waals surface area contributed by atoms with Gasteiger partial charge in [0, 0.05) is 11.8 Å². The Bertz CT molecular complexity index is 433. The van der Waals surface area contributed by atoms with Crippen LogP contribution in [0.2, 0.25) is 0 Å². The molecular weight excluding hydrogens is 379 g/mol. The Kier molecular flexibility index (Phi) is 16.1. The number of esters is 1. The first-order valence-electron chi connectivity index (χ1n) is 11.0. The van der Waals surface area contributed by atoms with Crippen LogP contribution in [0.5, 0.6) is 0 Å². The molecular formula is C21H43O6P. The summed E-state index contributed by atoms with van der Waals surface area (Å²) in [6.45, 7) is 5.65. The molecule has 0 saturated heterocycles. The van der Waals surface area contributed by atoms with E-state index in [1.807, 2.05) is 0 Å². The van der Waals surface area contributed by atoms with Crippen molar-refractivity contribution in [1.29, 1.82) is 0 Å². The second-order valence-corrected chi connectivity index (χ2v) is 9.82. The number of hydrogen-bond acceptors (Lipinski definition) is 4. The van der Waals surface area contributed by atoms with Gasteiger partial charge >= 0.3 is 13.8 Å². The van der Waals surface area contributed by atoms with Gasteiger partial charge in [-0.05, 0) is 6.42 Å². The Hall–Kier alpha value is -0.420. The van der Waals surface area contributed by atoms with E-state index >= 15 is 0 Å². The van der Waals surface area contributed by atoms with E-state index < -0.39 is 13.2 Å². The molecule has 0 amide bonds. The zero-order chi connectivity index (χ0) is 21.3. The summed E-state index contributed by atoms with van der Waals surface area (Å²) in [5.74, 6) is -0.257. The van der Waals surface area contributed by atoms with Gasteiger partial charge < -0.3 is 14.5 Å². The van der Waals surface area contributed by atoms with E-state index in [1.54, 1.807) is 13.8 Å². The zero-order valence-corrected chi connectivity index (χ0v) is 19.2. The third-order valence-corrected chi connectivity index (χ3v) is 5.20. The maximum Gasteiger partial charge on any atom is 0.469 e. The number of unbranched alkanes of at least 4 members (excludes halogenated alkanes) is 12. The van der Waals surface area contributed by atoms with Gasteiger partial charge in [0.05, 0.1) is 13.2 Å². The fourth-order valence-corrected chi connectivity index (χ4v) is 3.45. The van der Waals surface area contributed by atoms with Gasteiger partial charge in [0.1, 0.15) is 0 Å². The van der Waals surface area contributed by atoms with Gasteiger partial charge in [0.2, 0.25) is 0 Å². The molecule has 0 aliphatic carbocycles. The molecule has 0 aromatic heterocycles. The molecule has 0 saturated carbocycles. The average Bonchev–Trinajstić information content (AvgIpc) is 2.62. The molecule has 0 bridgehead atoms. The highest BCUT2D eigenvalue weighted by molar-refractivity contribution is 7.46. The molecule has 0 aliphatic heterocycles. The Labute approximate surface area is 172 Å². The van der Waals surface area contributed by atoms with E-state index in [0.29, 0.717) is 6.42 Å². The van der Waals surface area contributed by atoms with Gasteiger partial charge in [-0.1, -0.05) is 97.8 Å². The number of phosphoric ester groups is 1. The van der Waals surface area contributed by atoms with E-state index in [9.17, 15) is 9.36 Å². The molecule has 0 spiro atoms. The minimum absolute atomic E-state index is 0.0876. The molecule has 7 heteroatoms. The molecule has 0 aromatic carbocycles. The molecule has 168 valence electrons. The topological polar surface area (TPSA) is 93.1 Å². The Morgan fingerprint density at radius 2 is 1.21 bits per heavy atom. The minimum atomic E-state index is -4.49. The van der Waals surface area contributed by atoms with Crippen molar-refractivity contribution in [3.8, 4) is 0 Å². The van der Waals surface area contributed by atoms with Crippen LogP contribution < -0.4 is 0 Å². The standard InChI is InChI=1S/C21H43O6P/c1-4-5-6-7-8-9-10-11-12-13-14-15-16-17-20(22)26-18-21(2,3)19-27-28(23,24)25/h4-19H2,1-3H3,(H2,23,24,25). The molecule has 0 aliphatic rings. The van der Waals surface area contributed by atoms with Crippen molar-refractivity contribution in [2.24, 2.45) is 5.41 Å². The van der Waals surface area contributed by atoms with Gasteiger partial charge in [0.15, 0.2) is 0 Å². The van der Waals surface area contributed by atoms with Crippen LogP contribution in [0.4, 0.5) is 0 Å². The molecule has 0 unspecified atom stereocenters. The fourth-order valence-electron chi connectivity index (χ4n) is 2.94. The van der Waals surface area contributed by atoms with E-state index in [2.05, 4.69) is 11.4 Å². The smallest absolute Gasteiger partial charge is 0.465 e. The number of ether oxygens (including phenoxy) is 1. The Morgan fingerprint density at radius 1 is 0.786 bits per heavy atom. The molecule has 0 fully saturated rings. The number of hydrogen-bond donors (Lipinski definition) is 2. The van der Waals surface area contributed by atoms with E-state index in [0.717, 1.165) is 19.3 Å². The largest absolute Gasteiger partial charge is 0.469 e. The highest BCUT2D eigenvalue weighted by Gasteiger charge is 2.25. The summed E-state index contributed by atoms with van der Waals surface area (Å²) in [7, 11) is -4.49. The summed E-state index contributed by atoms with van der Waals surface area (Å²) in [5, 5.41) is 0. The number of rotatable bonds is 19. The van der Waals surface area contributed by atoms with Crippen molar-refractivity contribution in [3.63, 3.8) is 0 Å². The van der Waals surface area contributed by atoms with E-state index in [1.165, 1.54) is 64.2 Å². The van der Waals surface area contributed by atoms with E-state index in [-0.39, 0.29) is 19.2 Å². The first kappa shape index (κ1) is 27.6. The molecule has 6 nitrogen and oxygen atoms in total. The highest BCUT2D eigenvalue weighted by atomic mass is 31.2. The molecule has 2 N–H and O–H groups in total. The van der Waals surface area contributed by atoms with Gasteiger partial charge in [0.25, 0.3) is 0 Å². The molecule has 0 radical (unpaired) electrons. The first-order chi connectivity index (χ1) is 13.2. The normalized spacial score (nSPS) is 12.3. The van der Waals surface area contributed by atoms with Crippen LogP contribution in [-0.4, -0.2) is 29.0 Å². The third kappa shape index (κ3) is 20.3. The third-order valence-electron chi connectivity index (χ3n) is 4.73. The predicted octanol–water partition coefficient (Wildman–Crippen LogP) is 6.15. The van der Waals surface area contributed by atoms with Crippen molar-refractivity contribution < 1.29 is 28.4 Å². The van der Waals surface area contributed by atoms with Gasteiger partial charge in [-0.2, -0.15) is 0 Å². The first-order valence-corrected chi connectivity index (χ1v) is 12.5. The van der Waals surface area contributed by atoms with Crippen LogP contribution in [0, 0.1) is 5.41 Å². The monoisotopic (exact) mass is 422 g/mol. The van der Waals surface area contributed by atoms with Crippen LogP contribution in [0.3, 0.4) is 0 Å². The SMILES string of the molecule is CCCCCCCCCCCCCCCC(=O)OCC(C)(C)COP(=O)(O)O. The van der Waals surface area contributed by atoms with Crippen LogP contribution in [0.25, 0.3) is 0 Å². The summed E-state index contributed by atoms with van der Waals surface area (Å²) in [6.07, 6.45) is 16.8. The van der Waals surface area contributed by atoms with Gasteiger partial charge in [-0.25, -0.2) is 4.57 Å². The van der Waals surface area contributed by atoms with Crippen molar-refractivity contribution in [3.05, 3.63) is 0 Å². The molecule has 0 atom stereocenters. The lowest BCUT2D eigenvalue weighted by Crippen LogP contribution is -2.26. The van der Waals surface area contributed by atoms with Crippen LogP contribution in [-0.2, 0) is 18.6 Å². The maximum atomic E-state index is 11.8. The zero-order valence-electron chi connectivity index (χ0n) is 18.3. The lowest BCUT2D eigenvalue weighted by atomic mass is 9.96. The quantitative estimate of drug-likeness (QED) is 0.147. The summed E-state index contributed by atoms with van der Waals surface area (Å²) >= 11 is 0. The van der Waals surface area contributed by atoms with Crippen LogP contribution in [0.15, 0.2) is 0 Å². The Balaban J connectivity index is 3.47. The molecule has 0 rings (SSSR count). The predicted molar refractivity (Wildman–Crippen MR) is 113 cm³/mol. The number of carbonyl (C=O) groups is 1. The highest BCUT2D eigenvalue weighted by Crippen LogP contribution is 2.38. The van der Waals surface area contributed by atoms with Crippen molar-refractivity contribution in [2.45, 2.75) is 111 Å². The van der Waals surface area contributed by atoms with Crippen LogP contribution >= 0.6 is 7.82 Å². The lowest BCUT2D eigenvalue weighted by Gasteiger charge is -2.23. The molecule has 28 heavy (non-hydrogen) atoms. The Morgan fingerprint density at radius 3 is 1.64 bits per heavy atom. The minimum Gasteiger partial charge on any atom is -0.465 e. The van der Waals surface area contributed by atoms with Crippen molar-refractivity contribution in [2.75, 3.05) is 13.2 Å². The molecule has 0 heterocycles. The summed E-state index contributed by atoms with van der Waals surface area (Å²) in [4.78, 5) is 29.2. The summed E-state index contributed by atoms with van der Waals surface area (Å²) < 4.78 is 20.4. The fraction of sp³-hybridized carbons (Fsp3) is 0.952. The van der Waals surface area contributed by atoms with Crippen LogP contribution in [0.1, 0.15) is 111 Å². The second kappa shape index (κ2) is 16.4. The lowest BCUT2D eigenvalue weighted by molar-refractivity contribution is -0.147. The number of carbonyl (C=O) groups excluding carboxylic acids is 1. The van der Waals surface area contributed by atoms with Gasteiger partial charge in [-0.15, -0.1) is 0 Å². The van der Waals surface area contributed by atoms with Crippen molar-refractivity contribution >= 4 is 13.8 Å². The van der Waals surface area contributed by atoms with E-state index in [4.69, 9.17) is 14.5 Å². The summed E-state index contributed by atoms with van der Waals surface area (Å²) in [6, 6.07) is 0. The van der Waals surface area contributed by atoms with Crippen molar-refractivity contribution in [1.82, 2.24) is 0 Å². The second-order valence-electron chi connectivity index (χ2n) is 8.58. The summed E-state index contributed by atoms with van der Waals surface area (Å²) in [5.41, 5.74) is -0.632. The number of phosphoric acid groups is 1. The molecule has 0 aromatic rings. The van der Waals surface area contributed by atoms with Gasteiger partial charge in [-0.3, -0.25) is 9.32 Å². The average molecular weight is 423 g/mol. The maximum absolute atomic E-state index is 11.8.